The van der Waals surface area contributed by atoms with E-state index in [0.29, 0.717) is 11.5 Å². The van der Waals surface area contributed by atoms with Crippen molar-refractivity contribution in [1.82, 2.24) is 0 Å². The molecule has 5 heteroatoms. The second-order valence-electron chi connectivity index (χ2n) is 2.75. The van der Waals surface area contributed by atoms with E-state index in [1.54, 1.807) is 31.2 Å². The highest BCUT2D eigenvalue weighted by Crippen LogP contribution is 2.13. The molecule has 0 saturated heterocycles. The Hall–Kier alpha value is -1.88. The maximum Gasteiger partial charge on any atom is 0.143 e. The molecule has 0 bridgehead atoms. The molecule has 1 aromatic rings. The number of anilines is 2. The van der Waals surface area contributed by atoms with Crippen LogP contribution < -0.4 is 16.6 Å². The third-order valence-corrected chi connectivity index (χ3v) is 1.74. The number of amidine groups is 1. The molecule has 0 aliphatic heterocycles. The lowest BCUT2D eigenvalue weighted by Gasteiger charge is -2.16. The Morgan fingerprint density at radius 2 is 1.93 bits per heavy atom. The van der Waals surface area contributed by atoms with Crippen molar-refractivity contribution in [2.75, 3.05) is 10.7 Å². The molecule has 0 aromatic heterocycles. The molecule has 1 aromatic carbocycles. The van der Waals surface area contributed by atoms with Gasteiger partial charge < -0.3 is 5.73 Å². The second-order valence-corrected chi connectivity index (χ2v) is 2.75. The molecule has 14 heavy (non-hydrogen) atoms. The molecule has 4 N–H and O–H groups in total. The molecule has 0 spiro atoms. The Kier molecular flexibility index (Phi) is 3.19. The molecular formula is C9H13N5. The van der Waals surface area contributed by atoms with E-state index in [-0.39, 0.29) is 0 Å². The van der Waals surface area contributed by atoms with Crippen LogP contribution in [0.4, 0.5) is 11.4 Å². The van der Waals surface area contributed by atoms with Crippen molar-refractivity contribution >= 4 is 23.9 Å². The third-order valence-electron chi connectivity index (χ3n) is 1.74. The van der Waals surface area contributed by atoms with E-state index in [1.807, 2.05) is 0 Å². The highest BCUT2D eigenvalue weighted by Gasteiger charge is 2.03. The van der Waals surface area contributed by atoms with Crippen LogP contribution in [0.1, 0.15) is 6.92 Å². The van der Waals surface area contributed by atoms with E-state index in [1.165, 1.54) is 5.01 Å². The first kappa shape index (κ1) is 10.2. The first-order valence-corrected chi connectivity index (χ1v) is 4.06. The predicted octanol–water partition coefficient (Wildman–Crippen LogP) is 0.983. The van der Waals surface area contributed by atoms with Crippen LogP contribution in [-0.2, 0) is 0 Å². The number of hydrogen-bond donors (Lipinski definition) is 2. The lowest BCUT2D eigenvalue weighted by molar-refractivity contribution is 1.09. The smallest absolute Gasteiger partial charge is 0.143 e. The van der Waals surface area contributed by atoms with Crippen LogP contribution in [0.5, 0.6) is 0 Å². The van der Waals surface area contributed by atoms with Gasteiger partial charge in [-0.25, -0.2) is 5.84 Å². The lowest BCUT2D eigenvalue weighted by Crippen LogP contribution is -2.35. The van der Waals surface area contributed by atoms with Gasteiger partial charge in [0, 0.05) is 12.4 Å². The van der Waals surface area contributed by atoms with Crippen LogP contribution in [0.2, 0.25) is 0 Å². The van der Waals surface area contributed by atoms with Crippen LogP contribution in [0.25, 0.3) is 0 Å². The molecular weight excluding hydrogens is 178 g/mol. The monoisotopic (exact) mass is 191 g/mol. The standard InChI is InChI=1S/C9H13N5/c1-7(13-12-2)14(11)9-5-3-8(10)4-6-9/h3-6H,2,10-11H2,1H3/b13-7-. The number of nitrogens with zero attached hydrogens (tertiary/aromatic N) is 3. The molecule has 0 unspecified atom stereocenters. The van der Waals surface area contributed by atoms with Gasteiger partial charge in [0.25, 0.3) is 0 Å². The van der Waals surface area contributed by atoms with Crippen LogP contribution in [-0.4, -0.2) is 12.6 Å². The number of hydrogen-bond acceptors (Lipinski definition) is 4. The zero-order chi connectivity index (χ0) is 10.6. The normalized spacial score (nSPS) is 11.1. The fourth-order valence-corrected chi connectivity index (χ4v) is 0.972. The zero-order valence-corrected chi connectivity index (χ0v) is 8.01. The fraction of sp³-hybridized carbons (Fsp3) is 0.111. The lowest BCUT2D eigenvalue weighted by atomic mass is 10.3. The van der Waals surface area contributed by atoms with E-state index < -0.39 is 0 Å². The second kappa shape index (κ2) is 4.38. The summed E-state index contributed by atoms with van der Waals surface area (Å²) >= 11 is 0. The van der Waals surface area contributed by atoms with Gasteiger partial charge in [0.2, 0.25) is 0 Å². The summed E-state index contributed by atoms with van der Waals surface area (Å²) in [7, 11) is 0. The summed E-state index contributed by atoms with van der Waals surface area (Å²) in [4.78, 5) is 0. The van der Waals surface area contributed by atoms with Crippen LogP contribution in [0, 0.1) is 0 Å². The zero-order valence-electron chi connectivity index (χ0n) is 8.01. The Morgan fingerprint density at radius 3 is 2.43 bits per heavy atom. The number of nitrogens with two attached hydrogens (primary N) is 2. The van der Waals surface area contributed by atoms with Crippen LogP contribution in [0.3, 0.4) is 0 Å². The largest absolute Gasteiger partial charge is 0.399 e. The number of nitrogen functional groups attached to an aromatic ring is 1. The average Bonchev–Trinajstić information content (AvgIpc) is 2.18. The van der Waals surface area contributed by atoms with Crippen LogP contribution >= 0.6 is 0 Å². The van der Waals surface area contributed by atoms with Crippen molar-refractivity contribution in [1.29, 1.82) is 0 Å². The quantitative estimate of drug-likeness (QED) is 0.240. The average molecular weight is 191 g/mol. The summed E-state index contributed by atoms with van der Waals surface area (Å²) in [5.74, 6) is 6.31. The summed E-state index contributed by atoms with van der Waals surface area (Å²) in [5.41, 5.74) is 7.03. The molecule has 0 atom stereocenters. The SMILES string of the molecule is C=N/N=C(/C)N(N)c1ccc(N)cc1. The van der Waals surface area contributed by atoms with E-state index >= 15 is 0 Å². The third kappa shape index (κ3) is 2.30. The minimum absolute atomic E-state index is 0.560. The van der Waals surface area contributed by atoms with Crippen molar-refractivity contribution < 1.29 is 0 Å². The molecule has 0 saturated carbocycles. The number of hydrazine groups is 1. The molecule has 0 aliphatic rings. The Labute approximate surface area is 82.7 Å². The van der Waals surface area contributed by atoms with Crippen molar-refractivity contribution in [2.24, 2.45) is 16.0 Å². The highest BCUT2D eigenvalue weighted by molar-refractivity contribution is 5.94. The van der Waals surface area contributed by atoms with Gasteiger partial charge in [-0.2, -0.15) is 5.10 Å². The summed E-state index contributed by atoms with van der Waals surface area (Å²) in [6, 6.07) is 7.14. The van der Waals surface area contributed by atoms with Crippen molar-refractivity contribution in [3.63, 3.8) is 0 Å². The molecule has 0 fully saturated rings. The van der Waals surface area contributed by atoms with Gasteiger partial charge in [0.1, 0.15) is 5.84 Å². The van der Waals surface area contributed by atoms with Gasteiger partial charge in [-0.1, -0.05) is 0 Å². The maximum atomic E-state index is 5.75. The molecule has 0 aliphatic carbocycles. The minimum Gasteiger partial charge on any atom is -0.399 e. The molecule has 1 rings (SSSR count). The van der Waals surface area contributed by atoms with E-state index in [0.717, 1.165) is 5.69 Å². The highest BCUT2D eigenvalue weighted by atomic mass is 15.5. The van der Waals surface area contributed by atoms with Gasteiger partial charge in [0.15, 0.2) is 0 Å². The number of rotatable bonds is 2. The van der Waals surface area contributed by atoms with Gasteiger partial charge in [-0.3, -0.25) is 5.01 Å². The molecule has 5 nitrogen and oxygen atoms in total. The Bertz CT molecular complexity index is 341. The van der Waals surface area contributed by atoms with Crippen molar-refractivity contribution in [3.05, 3.63) is 24.3 Å². The van der Waals surface area contributed by atoms with Gasteiger partial charge >= 0.3 is 0 Å². The summed E-state index contributed by atoms with van der Waals surface area (Å²) in [6.07, 6.45) is 0. The maximum absolute atomic E-state index is 5.75. The molecule has 0 radical (unpaired) electrons. The van der Waals surface area contributed by atoms with Crippen LogP contribution in [0.15, 0.2) is 34.5 Å². The van der Waals surface area contributed by atoms with E-state index in [4.69, 9.17) is 11.6 Å². The number of benzene rings is 1. The molecule has 74 valence electrons. The first-order chi connectivity index (χ1) is 6.65. The van der Waals surface area contributed by atoms with E-state index in [9.17, 15) is 0 Å². The van der Waals surface area contributed by atoms with Crippen molar-refractivity contribution in [3.8, 4) is 0 Å². The van der Waals surface area contributed by atoms with Gasteiger partial charge in [-0.05, 0) is 31.2 Å². The molecule has 0 amide bonds. The molecule has 0 heterocycles. The first-order valence-electron chi connectivity index (χ1n) is 4.06. The fourth-order valence-electron chi connectivity index (χ4n) is 0.972. The summed E-state index contributed by atoms with van der Waals surface area (Å²) in [6.45, 7) is 4.99. The van der Waals surface area contributed by atoms with Gasteiger partial charge in [-0.15, -0.1) is 5.10 Å². The Morgan fingerprint density at radius 1 is 1.36 bits per heavy atom. The summed E-state index contributed by atoms with van der Waals surface area (Å²) < 4.78 is 0. The minimum atomic E-state index is 0.560. The van der Waals surface area contributed by atoms with Gasteiger partial charge in [0.05, 0.1) is 5.69 Å². The predicted molar refractivity (Wildman–Crippen MR) is 60.2 cm³/mol. The van der Waals surface area contributed by atoms with Crippen molar-refractivity contribution in [2.45, 2.75) is 6.92 Å². The Balaban J connectivity index is 2.89. The summed E-state index contributed by atoms with van der Waals surface area (Å²) in [5, 5.41) is 8.53. The topological polar surface area (TPSA) is 80.0 Å². The van der Waals surface area contributed by atoms with E-state index in [2.05, 4.69) is 16.9 Å².